The second kappa shape index (κ2) is 9.90. The van der Waals surface area contributed by atoms with Crippen LogP contribution in [0.5, 0.6) is 0 Å². The van der Waals surface area contributed by atoms with Gasteiger partial charge in [0.2, 0.25) is 0 Å². The number of likely N-dealkylation sites (tertiary alicyclic amines) is 1. The number of piperidine rings is 1. The van der Waals surface area contributed by atoms with E-state index in [9.17, 15) is 4.79 Å². The van der Waals surface area contributed by atoms with Gasteiger partial charge in [-0.1, -0.05) is 42.0 Å². The highest BCUT2D eigenvalue weighted by atomic mass is 16.6. The average molecular weight is 399 g/mol. The molecule has 0 radical (unpaired) electrons. The lowest BCUT2D eigenvalue weighted by atomic mass is 9.96. The maximum absolute atomic E-state index is 11.9. The number of hydrogen-bond acceptors (Lipinski definition) is 4. The molecule has 0 spiro atoms. The van der Waals surface area contributed by atoms with Crippen molar-refractivity contribution in [1.82, 2.24) is 10.2 Å². The Hall–Kier alpha value is -1.65. The Morgan fingerprint density at radius 2 is 1.90 bits per heavy atom. The summed E-state index contributed by atoms with van der Waals surface area (Å²) in [6.45, 7) is 12.2. The Kier molecular flexibility index (Phi) is 7.53. The second-order valence-corrected chi connectivity index (χ2v) is 9.78. The fourth-order valence-electron chi connectivity index (χ4n) is 4.22. The molecular weight excluding hydrogens is 360 g/mol. The predicted molar refractivity (Wildman–Crippen MR) is 120 cm³/mol. The Balaban J connectivity index is 1.30. The van der Waals surface area contributed by atoms with Crippen LogP contribution in [0.3, 0.4) is 0 Å². The van der Waals surface area contributed by atoms with Gasteiger partial charge in [0, 0.05) is 12.6 Å². The van der Waals surface area contributed by atoms with Crippen LogP contribution >= 0.6 is 0 Å². The highest BCUT2D eigenvalue weighted by Crippen LogP contribution is 2.38. The van der Waals surface area contributed by atoms with Crippen LogP contribution in [0.15, 0.2) is 35.9 Å². The molecule has 2 unspecified atom stereocenters. The van der Waals surface area contributed by atoms with Gasteiger partial charge in [0.15, 0.2) is 0 Å². The zero-order valence-corrected chi connectivity index (χ0v) is 18.6. The second-order valence-electron chi connectivity index (χ2n) is 9.78. The third-order valence-electron chi connectivity index (χ3n) is 6.00. The smallest absolute Gasteiger partial charge is 0.307 e. The molecular formula is C25H38N2O2. The van der Waals surface area contributed by atoms with Crippen molar-refractivity contribution in [1.29, 1.82) is 0 Å². The fourth-order valence-corrected chi connectivity index (χ4v) is 4.22. The number of rotatable bonds is 8. The highest BCUT2D eigenvalue weighted by molar-refractivity contribution is 5.70. The molecule has 1 heterocycles. The molecule has 2 atom stereocenters. The van der Waals surface area contributed by atoms with Gasteiger partial charge in [-0.05, 0) is 84.0 Å². The van der Waals surface area contributed by atoms with Crippen LogP contribution in [0.25, 0.3) is 6.08 Å². The van der Waals surface area contributed by atoms with E-state index >= 15 is 0 Å². The normalized spacial score (nSPS) is 23.8. The zero-order chi connectivity index (χ0) is 20.9. The molecule has 1 aliphatic carbocycles. The zero-order valence-electron chi connectivity index (χ0n) is 18.6. The van der Waals surface area contributed by atoms with E-state index in [1.54, 1.807) is 0 Å². The molecule has 1 saturated carbocycles. The number of carbonyl (C=O) groups excluding carboxylic acids is 1. The SMILES string of the molecule is CC(=Cc1ccccc1)C1CC1NCC1CCN(CCC(=O)OC(C)(C)C)CC1. The van der Waals surface area contributed by atoms with E-state index in [1.807, 2.05) is 20.8 Å². The van der Waals surface area contributed by atoms with Crippen molar-refractivity contribution in [2.75, 3.05) is 26.2 Å². The summed E-state index contributed by atoms with van der Waals surface area (Å²) in [6.07, 6.45) is 6.53. The van der Waals surface area contributed by atoms with Gasteiger partial charge in [0.1, 0.15) is 5.60 Å². The minimum atomic E-state index is -0.384. The van der Waals surface area contributed by atoms with E-state index in [-0.39, 0.29) is 11.6 Å². The molecule has 4 heteroatoms. The minimum Gasteiger partial charge on any atom is -0.460 e. The van der Waals surface area contributed by atoms with Crippen LogP contribution in [0.4, 0.5) is 0 Å². The molecule has 29 heavy (non-hydrogen) atoms. The number of carbonyl (C=O) groups is 1. The number of nitrogens with zero attached hydrogens (tertiary/aromatic N) is 1. The molecule has 1 saturated heterocycles. The van der Waals surface area contributed by atoms with Gasteiger partial charge in [-0.3, -0.25) is 4.79 Å². The first-order valence-corrected chi connectivity index (χ1v) is 11.2. The molecule has 1 aromatic rings. The number of nitrogens with one attached hydrogen (secondary N) is 1. The maximum Gasteiger partial charge on any atom is 0.307 e. The van der Waals surface area contributed by atoms with Crippen molar-refractivity contribution in [2.45, 2.75) is 65.0 Å². The van der Waals surface area contributed by atoms with Gasteiger partial charge in [0.05, 0.1) is 6.42 Å². The van der Waals surface area contributed by atoms with Crippen LogP contribution in [-0.2, 0) is 9.53 Å². The van der Waals surface area contributed by atoms with Gasteiger partial charge in [-0.15, -0.1) is 0 Å². The van der Waals surface area contributed by atoms with Gasteiger partial charge < -0.3 is 15.0 Å². The van der Waals surface area contributed by atoms with Crippen LogP contribution < -0.4 is 5.32 Å². The Morgan fingerprint density at radius 3 is 2.55 bits per heavy atom. The number of benzene rings is 1. The summed E-state index contributed by atoms with van der Waals surface area (Å²) in [5.74, 6) is 1.37. The Labute approximate surface area is 176 Å². The van der Waals surface area contributed by atoms with Gasteiger partial charge >= 0.3 is 5.97 Å². The van der Waals surface area contributed by atoms with Crippen LogP contribution in [0, 0.1) is 11.8 Å². The number of ether oxygens (including phenoxy) is 1. The summed E-state index contributed by atoms with van der Waals surface area (Å²) in [5.41, 5.74) is 2.41. The van der Waals surface area contributed by atoms with E-state index in [0.29, 0.717) is 18.4 Å². The monoisotopic (exact) mass is 398 g/mol. The van der Waals surface area contributed by atoms with E-state index in [1.165, 1.54) is 30.4 Å². The Morgan fingerprint density at radius 1 is 1.21 bits per heavy atom. The van der Waals surface area contributed by atoms with Gasteiger partial charge in [0.25, 0.3) is 0 Å². The van der Waals surface area contributed by atoms with E-state index in [0.717, 1.165) is 32.1 Å². The molecule has 0 amide bonds. The van der Waals surface area contributed by atoms with E-state index in [2.05, 4.69) is 53.5 Å². The van der Waals surface area contributed by atoms with E-state index in [4.69, 9.17) is 4.74 Å². The molecule has 1 N–H and O–H groups in total. The highest BCUT2D eigenvalue weighted by Gasteiger charge is 2.38. The third kappa shape index (κ3) is 7.60. The van der Waals surface area contributed by atoms with Gasteiger partial charge in [-0.2, -0.15) is 0 Å². The lowest BCUT2D eigenvalue weighted by molar-refractivity contribution is -0.155. The standard InChI is InChI=1S/C25H38N2O2/c1-19(16-20-8-6-5-7-9-20)22-17-23(22)26-18-21-10-13-27(14-11-21)15-12-24(28)29-25(2,3)4/h5-9,16,21-23,26H,10-15,17-18H2,1-4H3. The van der Waals surface area contributed by atoms with Gasteiger partial charge in [-0.25, -0.2) is 0 Å². The summed E-state index contributed by atoms with van der Waals surface area (Å²) in [4.78, 5) is 14.3. The van der Waals surface area contributed by atoms with Crippen LogP contribution in [0.2, 0.25) is 0 Å². The van der Waals surface area contributed by atoms with Crippen molar-refractivity contribution < 1.29 is 9.53 Å². The Bertz CT molecular complexity index is 685. The summed E-state index contributed by atoms with van der Waals surface area (Å²) in [6, 6.07) is 11.3. The largest absolute Gasteiger partial charge is 0.460 e. The molecule has 1 aliphatic heterocycles. The number of esters is 1. The molecule has 0 aromatic heterocycles. The molecule has 2 aliphatic rings. The molecule has 1 aromatic carbocycles. The van der Waals surface area contributed by atoms with Crippen molar-refractivity contribution in [3.8, 4) is 0 Å². The van der Waals surface area contributed by atoms with Crippen molar-refractivity contribution in [3.05, 3.63) is 41.5 Å². The average Bonchev–Trinajstić information content (AvgIpc) is 3.45. The molecule has 0 bridgehead atoms. The third-order valence-corrected chi connectivity index (χ3v) is 6.00. The quantitative estimate of drug-likeness (QED) is 0.654. The first-order valence-electron chi connectivity index (χ1n) is 11.2. The summed E-state index contributed by atoms with van der Waals surface area (Å²) >= 11 is 0. The first kappa shape index (κ1) is 22.0. The molecule has 2 fully saturated rings. The lowest BCUT2D eigenvalue weighted by Gasteiger charge is -2.32. The molecule has 4 nitrogen and oxygen atoms in total. The number of hydrogen-bond donors (Lipinski definition) is 1. The van der Waals surface area contributed by atoms with Crippen molar-refractivity contribution in [2.24, 2.45) is 11.8 Å². The minimum absolute atomic E-state index is 0.0833. The summed E-state index contributed by atoms with van der Waals surface area (Å²) < 4.78 is 5.41. The summed E-state index contributed by atoms with van der Waals surface area (Å²) in [5, 5.41) is 3.80. The predicted octanol–water partition coefficient (Wildman–Crippen LogP) is 4.51. The first-order chi connectivity index (χ1) is 13.8. The van der Waals surface area contributed by atoms with Crippen molar-refractivity contribution >= 4 is 12.0 Å². The molecule has 3 rings (SSSR count). The van der Waals surface area contributed by atoms with Crippen LogP contribution in [-0.4, -0.2) is 48.7 Å². The lowest BCUT2D eigenvalue weighted by Crippen LogP contribution is -2.39. The topological polar surface area (TPSA) is 41.6 Å². The van der Waals surface area contributed by atoms with Crippen molar-refractivity contribution in [3.63, 3.8) is 0 Å². The fraction of sp³-hybridized carbons (Fsp3) is 0.640. The van der Waals surface area contributed by atoms with Crippen LogP contribution in [0.1, 0.15) is 58.9 Å². The summed E-state index contributed by atoms with van der Waals surface area (Å²) in [7, 11) is 0. The van der Waals surface area contributed by atoms with E-state index < -0.39 is 0 Å². The maximum atomic E-state index is 11.9. The molecule has 160 valence electrons.